The first-order valence-electron chi connectivity index (χ1n) is 6.99. The Balaban J connectivity index is 2.05. The molecule has 6 heteroatoms. The molecule has 1 aromatic heterocycles. The Hall–Kier alpha value is -1.79. The van der Waals surface area contributed by atoms with E-state index in [2.05, 4.69) is 53.4 Å². The Bertz CT molecular complexity index is 565. The fraction of sp³-hybridized carbons (Fsp3) is 0.333. The average Bonchev–Trinajstić information content (AvgIpc) is 2.44. The summed E-state index contributed by atoms with van der Waals surface area (Å²) in [4.78, 5) is 9.39. The van der Waals surface area contributed by atoms with Gasteiger partial charge in [0.15, 0.2) is 5.16 Å². The molecule has 1 atom stereocenters. The van der Waals surface area contributed by atoms with Crippen molar-refractivity contribution in [1.82, 2.24) is 15.3 Å². The van der Waals surface area contributed by atoms with Gasteiger partial charge in [-0.1, -0.05) is 19.1 Å². The van der Waals surface area contributed by atoms with Crippen LogP contribution in [0.15, 0.2) is 40.4 Å². The zero-order chi connectivity index (χ0) is 15.2. The quantitative estimate of drug-likeness (QED) is 0.711. The lowest BCUT2D eigenvalue weighted by Crippen LogP contribution is -2.19. The lowest BCUT2D eigenvalue weighted by molar-refractivity contribution is 0.570. The van der Waals surface area contributed by atoms with Gasteiger partial charge in [-0.05, 0) is 49.3 Å². The molecule has 2 rings (SSSR count). The summed E-state index contributed by atoms with van der Waals surface area (Å²) in [6.07, 6.45) is 1.13. The van der Waals surface area contributed by atoms with Crippen molar-refractivity contribution in [3.63, 3.8) is 0 Å². The van der Waals surface area contributed by atoms with Gasteiger partial charge in [-0.25, -0.2) is 9.97 Å². The van der Waals surface area contributed by atoms with E-state index in [9.17, 15) is 0 Å². The molecule has 5 N–H and O–H groups in total. The summed E-state index contributed by atoms with van der Waals surface area (Å²) in [6, 6.07) is 10.3. The van der Waals surface area contributed by atoms with Crippen LogP contribution in [-0.2, 0) is 0 Å². The largest absolute Gasteiger partial charge is 0.383 e. The van der Waals surface area contributed by atoms with E-state index in [1.807, 2.05) is 0 Å². The second-order valence-corrected chi connectivity index (χ2v) is 5.89. The van der Waals surface area contributed by atoms with Crippen LogP contribution in [0.3, 0.4) is 0 Å². The van der Waals surface area contributed by atoms with Gasteiger partial charge in [0.25, 0.3) is 0 Å². The molecule has 0 fully saturated rings. The molecular formula is C15H21N5S. The summed E-state index contributed by atoms with van der Waals surface area (Å²) in [5.41, 5.74) is 12.6. The second-order valence-electron chi connectivity index (χ2n) is 4.85. The van der Waals surface area contributed by atoms with Crippen LogP contribution < -0.4 is 16.8 Å². The number of nitrogens with zero attached hydrogens (tertiary/aromatic N) is 2. The molecule has 1 unspecified atom stereocenters. The van der Waals surface area contributed by atoms with Crippen LogP contribution in [0, 0.1) is 0 Å². The van der Waals surface area contributed by atoms with Crippen molar-refractivity contribution in [2.24, 2.45) is 0 Å². The highest BCUT2D eigenvalue weighted by atomic mass is 32.2. The third kappa shape index (κ3) is 4.61. The molecule has 0 amide bonds. The predicted octanol–water partition coefficient (Wildman–Crippen LogP) is 2.85. The Morgan fingerprint density at radius 1 is 1.14 bits per heavy atom. The van der Waals surface area contributed by atoms with Crippen LogP contribution in [0.25, 0.3) is 0 Å². The van der Waals surface area contributed by atoms with Gasteiger partial charge in [0.05, 0.1) is 0 Å². The number of hydrogen-bond acceptors (Lipinski definition) is 6. The Kier molecular flexibility index (Phi) is 5.41. The normalized spacial score (nSPS) is 12.3. The van der Waals surface area contributed by atoms with Gasteiger partial charge in [-0.3, -0.25) is 0 Å². The van der Waals surface area contributed by atoms with Crippen LogP contribution in [0.2, 0.25) is 0 Å². The van der Waals surface area contributed by atoms with Crippen molar-refractivity contribution in [1.29, 1.82) is 0 Å². The standard InChI is InChI=1S/C15H21N5S/c1-3-8-18-10(2)11-4-6-12(7-5-11)21-15-19-13(16)9-14(17)20-15/h4-7,9-10,18H,3,8H2,1-2H3,(H4,16,17,19,20). The fourth-order valence-corrected chi connectivity index (χ4v) is 2.70. The lowest BCUT2D eigenvalue weighted by Gasteiger charge is -2.13. The van der Waals surface area contributed by atoms with Crippen molar-refractivity contribution in [3.8, 4) is 0 Å². The van der Waals surface area contributed by atoms with E-state index in [4.69, 9.17) is 11.5 Å². The molecule has 21 heavy (non-hydrogen) atoms. The molecule has 5 nitrogen and oxygen atoms in total. The van der Waals surface area contributed by atoms with Gasteiger partial charge in [0.2, 0.25) is 0 Å². The topological polar surface area (TPSA) is 89.8 Å². The third-order valence-corrected chi connectivity index (χ3v) is 3.91. The number of anilines is 2. The molecule has 0 aliphatic heterocycles. The molecule has 112 valence electrons. The van der Waals surface area contributed by atoms with Crippen LogP contribution >= 0.6 is 11.8 Å². The molecule has 1 aromatic carbocycles. The molecule has 0 bridgehead atoms. The first-order chi connectivity index (χ1) is 10.1. The number of nitrogen functional groups attached to an aromatic ring is 2. The Morgan fingerprint density at radius 2 is 1.76 bits per heavy atom. The highest BCUT2D eigenvalue weighted by Crippen LogP contribution is 2.27. The third-order valence-electron chi connectivity index (χ3n) is 3.04. The van der Waals surface area contributed by atoms with Crippen molar-refractivity contribution < 1.29 is 0 Å². The number of nitrogens with one attached hydrogen (secondary N) is 1. The highest BCUT2D eigenvalue weighted by Gasteiger charge is 2.06. The average molecular weight is 303 g/mol. The zero-order valence-electron chi connectivity index (χ0n) is 12.3. The Labute approximate surface area is 129 Å². The number of nitrogens with two attached hydrogens (primary N) is 2. The second kappa shape index (κ2) is 7.28. The van der Waals surface area contributed by atoms with Crippen molar-refractivity contribution in [3.05, 3.63) is 35.9 Å². The summed E-state index contributed by atoms with van der Waals surface area (Å²) in [5, 5.41) is 4.04. The summed E-state index contributed by atoms with van der Waals surface area (Å²) < 4.78 is 0. The summed E-state index contributed by atoms with van der Waals surface area (Å²) in [6.45, 7) is 5.35. The van der Waals surface area contributed by atoms with Gasteiger partial charge in [0, 0.05) is 17.0 Å². The van der Waals surface area contributed by atoms with Gasteiger partial charge < -0.3 is 16.8 Å². The first-order valence-corrected chi connectivity index (χ1v) is 7.81. The van der Waals surface area contributed by atoms with Crippen molar-refractivity contribution >= 4 is 23.4 Å². The number of benzene rings is 1. The van der Waals surface area contributed by atoms with E-state index in [0.717, 1.165) is 17.9 Å². The summed E-state index contributed by atoms with van der Waals surface area (Å²) >= 11 is 1.45. The molecule has 0 saturated heterocycles. The van der Waals surface area contributed by atoms with Gasteiger partial charge >= 0.3 is 0 Å². The van der Waals surface area contributed by atoms with E-state index in [-0.39, 0.29) is 0 Å². The van der Waals surface area contributed by atoms with E-state index < -0.39 is 0 Å². The van der Waals surface area contributed by atoms with Crippen molar-refractivity contribution in [2.45, 2.75) is 36.4 Å². The maximum atomic E-state index is 5.67. The van der Waals surface area contributed by atoms with Gasteiger partial charge in [0.1, 0.15) is 11.6 Å². The first kappa shape index (κ1) is 15.6. The van der Waals surface area contributed by atoms with Crippen LogP contribution in [0.1, 0.15) is 31.9 Å². The molecule has 0 radical (unpaired) electrons. The smallest absolute Gasteiger partial charge is 0.196 e. The zero-order valence-corrected chi connectivity index (χ0v) is 13.2. The van der Waals surface area contributed by atoms with Crippen LogP contribution in [-0.4, -0.2) is 16.5 Å². The minimum absolute atomic E-state index is 0.350. The maximum Gasteiger partial charge on any atom is 0.196 e. The Morgan fingerprint density at radius 3 is 2.33 bits per heavy atom. The van der Waals surface area contributed by atoms with Gasteiger partial charge in [-0.2, -0.15) is 0 Å². The number of aromatic nitrogens is 2. The van der Waals surface area contributed by atoms with Crippen LogP contribution in [0.4, 0.5) is 11.6 Å². The fourth-order valence-electron chi connectivity index (χ4n) is 1.92. The SMILES string of the molecule is CCCNC(C)c1ccc(Sc2nc(N)cc(N)n2)cc1. The van der Waals surface area contributed by atoms with E-state index >= 15 is 0 Å². The predicted molar refractivity (Wildman–Crippen MR) is 88.1 cm³/mol. The minimum Gasteiger partial charge on any atom is -0.383 e. The van der Waals surface area contributed by atoms with E-state index in [1.165, 1.54) is 17.3 Å². The number of rotatable bonds is 6. The summed E-state index contributed by atoms with van der Waals surface area (Å²) in [5.74, 6) is 0.776. The molecule has 0 aliphatic rings. The van der Waals surface area contributed by atoms with Crippen molar-refractivity contribution in [2.75, 3.05) is 18.0 Å². The minimum atomic E-state index is 0.350. The monoisotopic (exact) mass is 303 g/mol. The maximum absolute atomic E-state index is 5.67. The summed E-state index contributed by atoms with van der Waals surface area (Å²) in [7, 11) is 0. The number of hydrogen-bond donors (Lipinski definition) is 3. The lowest BCUT2D eigenvalue weighted by atomic mass is 10.1. The van der Waals surface area contributed by atoms with E-state index in [1.54, 1.807) is 6.07 Å². The highest BCUT2D eigenvalue weighted by molar-refractivity contribution is 7.99. The van der Waals surface area contributed by atoms with E-state index in [0.29, 0.717) is 22.8 Å². The molecule has 1 heterocycles. The molecular weight excluding hydrogens is 282 g/mol. The molecule has 0 aliphatic carbocycles. The molecule has 0 saturated carbocycles. The van der Waals surface area contributed by atoms with Gasteiger partial charge in [-0.15, -0.1) is 0 Å². The molecule has 2 aromatic rings. The van der Waals surface area contributed by atoms with Crippen LogP contribution in [0.5, 0.6) is 0 Å². The molecule has 0 spiro atoms.